The van der Waals surface area contributed by atoms with Crippen molar-refractivity contribution in [2.24, 2.45) is 0 Å². The van der Waals surface area contributed by atoms with Crippen LogP contribution in [0.4, 0.5) is 0 Å². The smallest absolute Gasteiger partial charge is 0.243 e. The summed E-state index contributed by atoms with van der Waals surface area (Å²) in [6.45, 7) is 0.200. The van der Waals surface area contributed by atoms with E-state index in [0.717, 1.165) is 21.5 Å². The number of rotatable bonds is 9. The second-order valence-electron chi connectivity index (χ2n) is 7.88. The summed E-state index contributed by atoms with van der Waals surface area (Å²) in [4.78, 5) is 14.7. The molecule has 7 heteroatoms. The van der Waals surface area contributed by atoms with Crippen LogP contribution in [0.25, 0.3) is 10.8 Å². The third kappa shape index (κ3) is 5.91. The first-order chi connectivity index (χ1) is 14.8. The topological polar surface area (TPSA) is 69.7 Å². The maximum atomic E-state index is 12.9. The number of amides is 1. The molecule has 0 fully saturated rings. The first-order valence-corrected chi connectivity index (χ1v) is 11.6. The molecule has 0 radical (unpaired) electrons. The van der Waals surface area contributed by atoms with Crippen LogP contribution in [-0.2, 0) is 21.2 Å². The van der Waals surface area contributed by atoms with Gasteiger partial charge in [0.05, 0.1) is 11.4 Å². The third-order valence-corrected chi connectivity index (χ3v) is 7.17. The Morgan fingerprint density at radius 1 is 0.903 bits per heavy atom. The summed E-state index contributed by atoms with van der Waals surface area (Å²) in [6, 6.07) is 22.8. The highest BCUT2D eigenvalue weighted by Crippen LogP contribution is 2.21. The van der Waals surface area contributed by atoms with Crippen LogP contribution < -0.4 is 5.32 Å². The minimum absolute atomic E-state index is 0.105. The number of sulfonamides is 1. The number of benzene rings is 3. The minimum Gasteiger partial charge on any atom is -0.353 e. The normalized spacial score (nSPS) is 12.9. The van der Waals surface area contributed by atoms with E-state index in [1.54, 1.807) is 18.2 Å². The second-order valence-corrected chi connectivity index (χ2v) is 9.93. The molecule has 3 rings (SSSR count). The lowest BCUT2D eigenvalue weighted by atomic mass is 10.1. The number of hydrogen-bond donors (Lipinski definition) is 1. The molecule has 0 aliphatic carbocycles. The van der Waals surface area contributed by atoms with E-state index in [9.17, 15) is 13.2 Å². The monoisotopic (exact) mass is 439 g/mol. The molecule has 1 atom stereocenters. The van der Waals surface area contributed by atoms with Gasteiger partial charge in [-0.05, 0) is 49.0 Å². The quantitative estimate of drug-likeness (QED) is 0.557. The lowest BCUT2D eigenvalue weighted by Gasteiger charge is -2.25. The fourth-order valence-corrected chi connectivity index (χ4v) is 4.57. The molecule has 31 heavy (non-hydrogen) atoms. The van der Waals surface area contributed by atoms with Crippen molar-refractivity contribution in [3.63, 3.8) is 0 Å². The summed E-state index contributed by atoms with van der Waals surface area (Å²) in [5.74, 6) is -0.327. The summed E-state index contributed by atoms with van der Waals surface area (Å²) in [5.41, 5.74) is 1.19. The van der Waals surface area contributed by atoms with E-state index in [0.29, 0.717) is 6.54 Å². The maximum Gasteiger partial charge on any atom is 0.243 e. The summed E-state index contributed by atoms with van der Waals surface area (Å²) in [5, 5.41) is 4.69. The molecule has 3 aromatic rings. The van der Waals surface area contributed by atoms with Crippen LogP contribution in [0.3, 0.4) is 0 Å². The van der Waals surface area contributed by atoms with Crippen LogP contribution in [-0.4, -0.2) is 63.8 Å². The van der Waals surface area contributed by atoms with Gasteiger partial charge in [-0.25, -0.2) is 8.42 Å². The second kappa shape index (κ2) is 10.0. The number of carbonyl (C=O) groups is 1. The fraction of sp³-hybridized carbons (Fsp3) is 0.292. The first-order valence-electron chi connectivity index (χ1n) is 10.2. The van der Waals surface area contributed by atoms with Crippen molar-refractivity contribution in [3.8, 4) is 0 Å². The summed E-state index contributed by atoms with van der Waals surface area (Å²) in [7, 11) is 1.60. The molecule has 1 N–H and O–H groups in total. The van der Waals surface area contributed by atoms with Crippen LogP contribution in [0.2, 0.25) is 0 Å². The van der Waals surface area contributed by atoms with Gasteiger partial charge in [0, 0.05) is 19.6 Å². The van der Waals surface area contributed by atoms with Crippen LogP contribution >= 0.6 is 0 Å². The molecule has 0 aliphatic rings. The number of nitrogens with one attached hydrogen (secondary N) is 1. The summed E-state index contributed by atoms with van der Waals surface area (Å²) < 4.78 is 27.0. The number of fused-ring (bicyclic) bond motifs is 1. The highest BCUT2D eigenvalue weighted by Gasteiger charge is 2.23. The predicted molar refractivity (Wildman–Crippen MR) is 124 cm³/mol. The number of hydrogen-bond acceptors (Lipinski definition) is 4. The largest absolute Gasteiger partial charge is 0.353 e. The highest BCUT2D eigenvalue weighted by atomic mass is 32.2. The van der Waals surface area contributed by atoms with Gasteiger partial charge in [0.15, 0.2) is 0 Å². The number of likely N-dealkylation sites (N-methyl/N-ethyl adjacent to an activating group) is 2. The molecule has 0 aliphatic heterocycles. The van der Waals surface area contributed by atoms with Gasteiger partial charge in [-0.1, -0.05) is 60.7 Å². The fourth-order valence-electron chi connectivity index (χ4n) is 3.41. The zero-order valence-corrected chi connectivity index (χ0v) is 19.0. The molecule has 1 amide bonds. The molecule has 1 unspecified atom stereocenters. The molecule has 0 saturated carbocycles. The third-order valence-electron chi connectivity index (χ3n) is 5.37. The Hall–Kier alpha value is -2.74. The number of nitrogens with zero attached hydrogens (tertiary/aromatic N) is 2. The van der Waals surface area contributed by atoms with Crippen LogP contribution in [0, 0.1) is 0 Å². The van der Waals surface area contributed by atoms with Gasteiger partial charge in [0.1, 0.15) is 0 Å². The lowest BCUT2D eigenvalue weighted by Crippen LogP contribution is -2.45. The van der Waals surface area contributed by atoms with E-state index in [2.05, 4.69) is 22.3 Å². The van der Waals surface area contributed by atoms with E-state index >= 15 is 0 Å². The molecule has 6 nitrogen and oxygen atoms in total. The van der Waals surface area contributed by atoms with Gasteiger partial charge >= 0.3 is 0 Å². The van der Waals surface area contributed by atoms with Crippen molar-refractivity contribution in [1.29, 1.82) is 0 Å². The van der Waals surface area contributed by atoms with Crippen molar-refractivity contribution >= 4 is 26.7 Å². The molecule has 164 valence electrons. The van der Waals surface area contributed by atoms with Crippen molar-refractivity contribution in [2.75, 3.05) is 34.2 Å². The van der Waals surface area contributed by atoms with Crippen LogP contribution in [0.5, 0.6) is 0 Å². The SMILES string of the molecule is CN(C)C(CNC(=O)CN(C)S(=O)(=O)c1ccc2ccccc2c1)Cc1ccccc1. The Balaban J connectivity index is 1.61. The maximum absolute atomic E-state index is 12.9. The molecule has 0 spiro atoms. The Labute approximate surface area is 184 Å². The van der Waals surface area contributed by atoms with Crippen molar-refractivity contribution < 1.29 is 13.2 Å². The zero-order chi connectivity index (χ0) is 22.4. The molecule has 3 aromatic carbocycles. The van der Waals surface area contributed by atoms with E-state index in [4.69, 9.17) is 0 Å². The molecule has 0 heterocycles. The average Bonchev–Trinajstić information content (AvgIpc) is 2.76. The summed E-state index contributed by atoms with van der Waals surface area (Å²) >= 11 is 0. The number of carbonyl (C=O) groups excluding carboxylic acids is 1. The van der Waals surface area contributed by atoms with Gasteiger partial charge in [-0.15, -0.1) is 0 Å². The predicted octanol–water partition coefficient (Wildman–Crippen LogP) is 2.75. The Morgan fingerprint density at radius 2 is 1.55 bits per heavy atom. The van der Waals surface area contributed by atoms with Crippen molar-refractivity contribution in [3.05, 3.63) is 78.4 Å². The van der Waals surface area contributed by atoms with E-state index in [-0.39, 0.29) is 23.4 Å². The molecular formula is C24H29N3O3S. The molecular weight excluding hydrogens is 410 g/mol. The van der Waals surface area contributed by atoms with Crippen molar-refractivity contribution in [2.45, 2.75) is 17.4 Å². The van der Waals surface area contributed by atoms with Crippen LogP contribution in [0.15, 0.2) is 77.7 Å². The van der Waals surface area contributed by atoms with Crippen molar-refractivity contribution in [1.82, 2.24) is 14.5 Å². The first kappa shape index (κ1) is 22.9. The standard InChI is InChI=1S/C24H29N3O3S/c1-26(2)22(15-19-9-5-4-6-10-19)17-25-24(28)18-27(3)31(29,30)23-14-13-20-11-7-8-12-21(20)16-23/h4-14,16,22H,15,17-18H2,1-3H3,(H,25,28). The zero-order valence-electron chi connectivity index (χ0n) is 18.2. The van der Waals surface area contributed by atoms with Gasteiger partial charge in [0.2, 0.25) is 15.9 Å². The van der Waals surface area contributed by atoms with E-state index in [1.807, 2.05) is 56.6 Å². The lowest BCUT2D eigenvalue weighted by molar-refractivity contribution is -0.121. The average molecular weight is 440 g/mol. The van der Waals surface area contributed by atoms with E-state index < -0.39 is 10.0 Å². The highest BCUT2D eigenvalue weighted by molar-refractivity contribution is 7.89. The van der Waals surface area contributed by atoms with Gasteiger partial charge in [-0.3, -0.25) is 4.79 Å². The van der Waals surface area contributed by atoms with Gasteiger partial charge in [0.25, 0.3) is 0 Å². The van der Waals surface area contributed by atoms with E-state index in [1.165, 1.54) is 12.6 Å². The van der Waals surface area contributed by atoms with Gasteiger partial charge < -0.3 is 10.2 Å². The molecule has 0 saturated heterocycles. The van der Waals surface area contributed by atoms with Crippen LogP contribution in [0.1, 0.15) is 5.56 Å². The van der Waals surface area contributed by atoms with Gasteiger partial charge in [-0.2, -0.15) is 4.31 Å². The Morgan fingerprint density at radius 3 is 2.23 bits per heavy atom. The Bertz CT molecular complexity index is 1130. The minimum atomic E-state index is -3.77. The Kier molecular flexibility index (Phi) is 7.43. The molecule has 0 aromatic heterocycles. The molecule has 0 bridgehead atoms. The summed E-state index contributed by atoms with van der Waals surface area (Å²) in [6.07, 6.45) is 0.791.